The Hall–Kier alpha value is 0.267. The number of methoxy groups -OCH3 is 1. The number of halogens is 3. The first-order chi connectivity index (χ1) is 7.92. The SMILES string of the molecule is [2H]C([2H])([2H])OC(C)(C)c1ccc([Si](Cl)(Cl)Cl)cc1. The molecule has 0 N–H and O–H groups in total. The summed E-state index contributed by atoms with van der Waals surface area (Å²) in [4.78, 5) is 0. The fourth-order valence-electron chi connectivity index (χ4n) is 1.12. The van der Waals surface area contributed by atoms with Crippen molar-refractivity contribution < 1.29 is 8.85 Å². The maximum Gasteiger partial charge on any atom is 0.372 e. The first-order valence-electron chi connectivity index (χ1n) is 5.80. The van der Waals surface area contributed by atoms with Crippen molar-refractivity contribution in [1.82, 2.24) is 0 Å². The second kappa shape index (κ2) is 4.64. The lowest BCUT2D eigenvalue weighted by Gasteiger charge is -2.24. The van der Waals surface area contributed by atoms with Crippen LogP contribution in [0.3, 0.4) is 0 Å². The Kier molecular flexibility index (Phi) is 2.88. The summed E-state index contributed by atoms with van der Waals surface area (Å²) in [5, 5.41) is 0.654. The van der Waals surface area contributed by atoms with Crippen molar-refractivity contribution in [3.05, 3.63) is 29.8 Å². The molecule has 1 nitrogen and oxygen atoms in total. The van der Waals surface area contributed by atoms with Crippen molar-refractivity contribution in [2.45, 2.75) is 19.4 Å². The molecule has 0 heterocycles. The standard InChI is InChI=1S/C10H13Cl3OSi/c1-10(2,14-3)8-4-6-9(7-5-8)15(11,12)13/h4-7H,1-3H3/i3D3. The van der Waals surface area contributed by atoms with Gasteiger partial charge < -0.3 is 4.74 Å². The highest BCUT2D eigenvalue weighted by Crippen LogP contribution is 2.25. The molecular weight excluding hydrogens is 271 g/mol. The highest BCUT2D eigenvalue weighted by molar-refractivity contribution is 7.69. The molecule has 0 fully saturated rings. The topological polar surface area (TPSA) is 9.23 Å². The summed E-state index contributed by atoms with van der Waals surface area (Å²) in [6, 6.07) is 3.93. The molecule has 0 saturated heterocycles. The molecule has 0 spiro atoms. The van der Waals surface area contributed by atoms with Gasteiger partial charge in [0.1, 0.15) is 0 Å². The van der Waals surface area contributed by atoms with Crippen LogP contribution in [0.2, 0.25) is 0 Å². The van der Waals surface area contributed by atoms with Crippen LogP contribution in [0.1, 0.15) is 23.5 Å². The fourth-order valence-corrected chi connectivity index (χ4v) is 2.80. The number of benzene rings is 1. The van der Waals surface area contributed by atoms with Gasteiger partial charge in [0.2, 0.25) is 0 Å². The highest BCUT2D eigenvalue weighted by atomic mass is 35.8. The first-order valence-corrected chi connectivity index (χ1v) is 9.33. The smallest absolute Gasteiger partial charge is 0.372 e. The molecule has 0 unspecified atom stereocenters. The zero-order chi connectivity index (χ0) is 14.2. The summed E-state index contributed by atoms with van der Waals surface area (Å²) in [5.41, 5.74) is -0.218. The van der Waals surface area contributed by atoms with Crippen LogP contribution in [0.25, 0.3) is 0 Å². The molecule has 0 atom stereocenters. The van der Waals surface area contributed by atoms with Gasteiger partial charge in [-0.1, -0.05) is 24.3 Å². The highest BCUT2D eigenvalue weighted by Gasteiger charge is 2.28. The Balaban J connectivity index is 2.98. The molecule has 0 radical (unpaired) electrons. The van der Waals surface area contributed by atoms with Crippen LogP contribution in [0.4, 0.5) is 0 Å². The largest absolute Gasteiger partial charge is 0.374 e. The van der Waals surface area contributed by atoms with Gasteiger partial charge in [0.25, 0.3) is 0 Å². The van der Waals surface area contributed by atoms with Gasteiger partial charge in [0.15, 0.2) is 0 Å². The summed E-state index contributed by atoms with van der Waals surface area (Å²) in [5.74, 6) is 0. The molecular formula is C10H13Cl3OSi. The molecule has 1 rings (SSSR count). The van der Waals surface area contributed by atoms with Crippen molar-refractivity contribution >= 4 is 44.4 Å². The van der Waals surface area contributed by atoms with Crippen molar-refractivity contribution in [3.63, 3.8) is 0 Å². The Labute approximate surface area is 110 Å². The van der Waals surface area contributed by atoms with Gasteiger partial charge in [-0.15, -0.1) is 33.2 Å². The fraction of sp³-hybridized carbons (Fsp3) is 0.400. The van der Waals surface area contributed by atoms with Gasteiger partial charge in [-0.2, -0.15) is 0 Å². The van der Waals surface area contributed by atoms with E-state index in [1.807, 2.05) is 0 Å². The van der Waals surface area contributed by atoms with Crippen LogP contribution in [0.15, 0.2) is 24.3 Å². The van der Waals surface area contributed by atoms with Crippen molar-refractivity contribution in [3.8, 4) is 0 Å². The maximum atomic E-state index is 7.13. The lowest BCUT2D eigenvalue weighted by Crippen LogP contribution is -2.30. The summed E-state index contributed by atoms with van der Waals surface area (Å²) in [7, 11) is -2.45. The molecule has 0 aliphatic carbocycles. The molecule has 0 aliphatic rings. The minimum Gasteiger partial charge on any atom is -0.374 e. The second-order valence-electron chi connectivity index (χ2n) is 3.69. The van der Waals surface area contributed by atoms with E-state index >= 15 is 0 Å². The Morgan fingerprint density at radius 3 is 2.13 bits per heavy atom. The van der Waals surface area contributed by atoms with Gasteiger partial charge >= 0.3 is 6.00 Å². The van der Waals surface area contributed by atoms with Crippen molar-refractivity contribution in [1.29, 1.82) is 0 Å². The number of hydrogen-bond donors (Lipinski definition) is 0. The summed E-state index contributed by atoms with van der Waals surface area (Å²) >= 11 is 17.6. The summed E-state index contributed by atoms with van der Waals surface area (Å²) in [6.07, 6.45) is 0. The molecule has 0 aromatic heterocycles. The van der Waals surface area contributed by atoms with E-state index in [1.54, 1.807) is 38.1 Å². The number of ether oxygens (including phenoxy) is 1. The third-order valence-electron chi connectivity index (χ3n) is 2.16. The van der Waals surface area contributed by atoms with Gasteiger partial charge in [-0.3, -0.25) is 0 Å². The van der Waals surface area contributed by atoms with E-state index < -0.39 is 18.6 Å². The maximum absolute atomic E-state index is 7.13. The van der Waals surface area contributed by atoms with Crippen molar-refractivity contribution in [2.75, 3.05) is 7.04 Å². The van der Waals surface area contributed by atoms with E-state index in [0.717, 1.165) is 0 Å². The zero-order valence-corrected chi connectivity index (χ0v) is 11.6. The van der Waals surface area contributed by atoms with E-state index in [4.69, 9.17) is 42.1 Å². The van der Waals surface area contributed by atoms with Crippen LogP contribution in [0.5, 0.6) is 0 Å². The molecule has 0 aliphatic heterocycles. The zero-order valence-electron chi connectivity index (χ0n) is 11.4. The molecule has 0 bridgehead atoms. The number of rotatable bonds is 3. The van der Waals surface area contributed by atoms with Gasteiger partial charge in [0, 0.05) is 7.04 Å². The Morgan fingerprint density at radius 1 is 1.20 bits per heavy atom. The quantitative estimate of drug-likeness (QED) is 0.611. The van der Waals surface area contributed by atoms with Crippen LogP contribution in [-0.4, -0.2) is 13.0 Å². The van der Waals surface area contributed by atoms with Crippen LogP contribution in [0, 0.1) is 0 Å². The minimum absolute atomic E-state index is 0.654. The number of hydrogen-bond acceptors (Lipinski definition) is 1. The van der Waals surface area contributed by atoms with E-state index in [9.17, 15) is 0 Å². The lowest BCUT2D eigenvalue weighted by molar-refractivity contribution is 0.0192. The van der Waals surface area contributed by atoms with Crippen LogP contribution in [-0.2, 0) is 10.3 Å². The third-order valence-corrected chi connectivity index (χ3v) is 5.11. The van der Waals surface area contributed by atoms with Gasteiger partial charge in [-0.25, -0.2) is 0 Å². The molecule has 5 heteroatoms. The Morgan fingerprint density at radius 2 is 1.73 bits per heavy atom. The predicted molar refractivity (Wildman–Crippen MR) is 69.4 cm³/mol. The summed E-state index contributed by atoms with van der Waals surface area (Å²) in [6.45, 7) is 3.36. The van der Waals surface area contributed by atoms with Crippen molar-refractivity contribution in [2.24, 2.45) is 0 Å². The van der Waals surface area contributed by atoms with E-state index in [1.165, 1.54) is 0 Å². The predicted octanol–water partition coefficient (Wildman–Crippen LogP) is 3.43. The van der Waals surface area contributed by atoms with E-state index in [2.05, 4.69) is 0 Å². The van der Waals surface area contributed by atoms with E-state index in [0.29, 0.717) is 10.8 Å². The van der Waals surface area contributed by atoms with E-state index in [-0.39, 0.29) is 0 Å². The molecule has 84 valence electrons. The average Bonchev–Trinajstić information content (AvgIpc) is 2.13. The molecule has 1 aromatic rings. The monoisotopic (exact) mass is 285 g/mol. The molecule has 15 heavy (non-hydrogen) atoms. The molecule has 0 amide bonds. The minimum atomic E-state index is -2.90. The van der Waals surface area contributed by atoms with Crippen LogP contribution < -0.4 is 5.19 Å². The van der Waals surface area contributed by atoms with Crippen LogP contribution >= 0.6 is 33.2 Å². The molecule has 1 aromatic carbocycles. The Bertz CT molecular complexity index is 412. The third kappa shape index (κ3) is 3.36. The molecule has 0 saturated carbocycles. The lowest BCUT2D eigenvalue weighted by atomic mass is 9.98. The summed E-state index contributed by atoms with van der Waals surface area (Å²) < 4.78 is 26.4. The van der Waals surface area contributed by atoms with Gasteiger partial charge in [-0.05, 0) is 24.6 Å². The first kappa shape index (κ1) is 9.31. The normalized spacial score (nSPS) is 16.7. The second-order valence-corrected chi connectivity index (χ2v) is 12.1. The average molecular weight is 287 g/mol. The van der Waals surface area contributed by atoms with Gasteiger partial charge in [0.05, 0.1) is 9.71 Å².